The van der Waals surface area contributed by atoms with Crippen molar-refractivity contribution in [1.82, 2.24) is 20.4 Å². The summed E-state index contributed by atoms with van der Waals surface area (Å²) in [5, 5.41) is 25.0. The summed E-state index contributed by atoms with van der Waals surface area (Å²) in [7, 11) is 0. The molecule has 4 aromatic rings. The molecular formula is C28H33N7O2S3. The molecule has 0 radical (unpaired) electrons. The van der Waals surface area contributed by atoms with Crippen molar-refractivity contribution in [3.05, 3.63) is 81.8 Å². The van der Waals surface area contributed by atoms with Crippen LogP contribution in [0.3, 0.4) is 0 Å². The fourth-order valence-corrected chi connectivity index (χ4v) is 6.63. The number of thioether (sulfide) groups is 1. The van der Waals surface area contributed by atoms with Crippen molar-refractivity contribution < 1.29 is 9.59 Å². The highest BCUT2D eigenvalue weighted by Gasteiger charge is 2.19. The number of carbonyl (C=O) groups excluding carboxylic acids is 2. The second kappa shape index (κ2) is 15.0. The van der Waals surface area contributed by atoms with E-state index in [1.54, 1.807) is 11.8 Å². The van der Waals surface area contributed by atoms with Crippen LogP contribution in [0, 0.1) is 5.92 Å². The van der Waals surface area contributed by atoms with Crippen LogP contribution in [0.1, 0.15) is 53.4 Å². The van der Waals surface area contributed by atoms with Crippen molar-refractivity contribution in [1.29, 1.82) is 0 Å². The van der Waals surface area contributed by atoms with Crippen molar-refractivity contribution in [2.24, 2.45) is 11.7 Å². The lowest BCUT2D eigenvalue weighted by Crippen LogP contribution is -2.27. The van der Waals surface area contributed by atoms with Gasteiger partial charge in [0.2, 0.25) is 22.1 Å². The number of nitrogens with two attached hydrogens (primary N) is 1. The van der Waals surface area contributed by atoms with Gasteiger partial charge in [-0.1, -0.05) is 97.2 Å². The van der Waals surface area contributed by atoms with E-state index in [4.69, 9.17) is 5.73 Å². The summed E-state index contributed by atoms with van der Waals surface area (Å²) in [6, 6.07) is 18.7. The molecular weight excluding hydrogens is 563 g/mol. The molecule has 0 aliphatic carbocycles. The number of aryl methyl sites for hydroxylation is 2. The molecule has 0 saturated heterocycles. The fraction of sp³-hybridized carbons (Fsp3) is 0.357. The third kappa shape index (κ3) is 8.91. The molecule has 0 fully saturated rings. The Bertz CT molecular complexity index is 1360. The standard InChI is InChI=1S/C28H33N7O2S3/c1-18(20-9-5-3-6-10-20)17-19(2)25(36)30-27-34-32-22(39-27)13-15-38-16-14-23-33-35-28(40-23)31-26(37)24(29)21-11-7-4-8-12-21/h3-12,18-19,24H,13-17,29H2,1-2H3,(H,30,34,36)(H,31,35,37). The molecule has 3 unspecified atom stereocenters. The number of carbonyl (C=O) groups is 2. The molecule has 0 aliphatic rings. The predicted octanol–water partition coefficient (Wildman–Crippen LogP) is 5.31. The van der Waals surface area contributed by atoms with Crippen molar-refractivity contribution in [3.8, 4) is 0 Å². The monoisotopic (exact) mass is 595 g/mol. The van der Waals surface area contributed by atoms with Gasteiger partial charge in [-0.05, 0) is 35.0 Å². The summed E-state index contributed by atoms with van der Waals surface area (Å²) < 4.78 is 0. The topological polar surface area (TPSA) is 136 Å². The van der Waals surface area contributed by atoms with Crippen LogP contribution >= 0.6 is 34.4 Å². The molecule has 0 aliphatic heterocycles. The summed E-state index contributed by atoms with van der Waals surface area (Å²) in [6.45, 7) is 4.09. The average molecular weight is 596 g/mol. The van der Waals surface area contributed by atoms with Crippen molar-refractivity contribution in [2.45, 2.75) is 45.1 Å². The first-order valence-electron chi connectivity index (χ1n) is 13.1. The predicted molar refractivity (Wildman–Crippen MR) is 164 cm³/mol. The van der Waals surface area contributed by atoms with E-state index in [1.165, 1.54) is 28.2 Å². The molecule has 12 heteroatoms. The molecule has 3 atom stereocenters. The number of nitrogens with one attached hydrogen (secondary N) is 2. The molecule has 2 amide bonds. The minimum absolute atomic E-state index is 0.0329. The third-order valence-corrected chi connectivity index (χ3v) is 9.06. The van der Waals surface area contributed by atoms with E-state index in [-0.39, 0.29) is 17.7 Å². The highest BCUT2D eigenvalue weighted by atomic mass is 32.2. The third-order valence-electron chi connectivity index (χ3n) is 6.28. The molecule has 9 nitrogen and oxygen atoms in total. The van der Waals surface area contributed by atoms with Gasteiger partial charge < -0.3 is 11.1 Å². The molecule has 4 rings (SSSR count). The van der Waals surface area contributed by atoms with Crippen LogP contribution in [0.15, 0.2) is 60.7 Å². The molecule has 2 aromatic heterocycles. The van der Waals surface area contributed by atoms with Gasteiger partial charge in [-0.15, -0.1) is 20.4 Å². The Kier molecular flexibility index (Phi) is 11.2. The Morgan fingerprint density at radius 3 is 1.82 bits per heavy atom. The Balaban J connectivity index is 1.13. The average Bonchev–Trinajstić information content (AvgIpc) is 3.62. The van der Waals surface area contributed by atoms with Crippen molar-refractivity contribution in [3.63, 3.8) is 0 Å². The van der Waals surface area contributed by atoms with Gasteiger partial charge in [0.05, 0.1) is 0 Å². The number of rotatable bonds is 14. The van der Waals surface area contributed by atoms with Crippen LogP contribution in [-0.2, 0) is 22.4 Å². The normalized spacial score (nSPS) is 13.4. The number of amides is 2. The Labute approximate surface area is 246 Å². The lowest BCUT2D eigenvalue weighted by Gasteiger charge is -2.16. The van der Waals surface area contributed by atoms with E-state index < -0.39 is 6.04 Å². The van der Waals surface area contributed by atoms with Gasteiger partial charge in [0, 0.05) is 18.8 Å². The van der Waals surface area contributed by atoms with Crippen LogP contribution in [0.4, 0.5) is 10.3 Å². The first-order valence-corrected chi connectivity index (χ1v) is 15.9. The highest BCUT2D eigenvalue weighted by molar-refractivity contribution is 7.99. The molecule has 210 valence electrons. The van der Waals surface area contributed by atoms with Gasteiger partial charge in [-0.25, -0.2) is 0 Å². The first kappa shape index (κ1) is 29.8. The minimum atomic E-state index is -0.759. The van der Waals surface area contributed by atoms with Crippen molar-refractivity contribution in [2.75, 3.05) is 22.1 Å². The second-order valence-corrected chi connectivity index (χ2v) is 12.8. The second-order valence-electron chi connectivity index (χ2n) is 9.43. The highest BCUT2D eigenvalue weighted by Crippen LogP contribution is 2.25. The van der Waals surface area contributed by atoms with Gasteiger partial charge in [0.25, 0.3) is 0 Å². The summed E-state index contributed by atoms with van der Waals surface area (Å²) >= 11 is 4.56. The number of hydrogen-bond donors (Lipinski definition) is 3. The molecule has 2 aromatic carbocycles. The first-order chi connectivity index (χ1) is 19.4. The zero-order valence-electron chi connectivity index (χ0n) is 22.4. The number of aromatic nitrogens is 4. The Morgan fingerprint density at radius 2 is 1.27 bits per heavy atom. The van der Waals surface area contributed by atoms with Gasteiger partial charge in [-0.3, -0.25) is 14.9 Å². The molecule has 0 bridgehead atoms. The van der Waals surface area contributed by atoms with E-state index >= 15 is 0 Å². The van der Waals surface area contributed by atoms with E-state index in [0.29, 0.717) is 16.2 Å². The van der Waals surface area contributed by atoms with Gasteiger partial charge >= 0.3 is 0 Å². The van der Waals surface area contributed by atoms with Crippen molar-refractivity contribution >= 4 is 56.5 Å². The van der Waals surface area contributed by atoms with Gasteiger partial charge in [0.1, 0.15) is 16.1 Å². The van der Waals surface area contributed by atoms with Gasteiger partial charge in [-0.2, -0.15) is 11.8 Å². The number of hydrogen-bond acceptors (Lipinski definition) is 10. The quantitative estimate of drug-likeness (QED) is 0.167. The SMILES string of the molecule is CC(CC(C)c1ccccc1)C(=O)Nc1nnc(CCSCCc2nnc(NC(=O)C(N)c3ccccc3)s2)s1. The largest absolute Gasteiger partial charge is 0.316 e. The molecule has 4 N–H and O–H groups in total. The van der Waals surface area contributed by atoms with E-state index in [0.717, 1.165) is 46.3 Å². The number of benzene rings is 2. The zero-order valence-corrected chi connectivity index (χ0v) is 24.9. The van der Waals surface area contributed by atoms with Crippen LogP contribution in [0.25, 0.3) is 0 Å². The lowest BCUT2D eigenvalue weighted by atomic mass is 9.91. The summed E-state index contributed by atoms with van der Waals surface area (Å²) in [4.78, 5) is 25.1. The fourth-order valence-electron chi connectivity index (χ4n) is 4.01. The minimum Gasteiger partial charge on any atom is -0.316 e. The van der Waals surface area contributed by atoms with E-state index in [1.807, 2.05) is 55.5 Å². The summed E-state index contributed by atoms with van der Waals surface area (Å²) in [5.41, 5.74) is 8.02. The molecule has 0 spiro atoms. The number of anilines is 2. The zero-order chi connectivity index (χ0) is 28.3. The van der Waals surface area contributed by atoms with Gasteiger partial charge in [0.15, 0.2) is 0 Å². The van der Waals surface area contributed by atoms with Crippen LogP contribution in [0.5, 0.6) is 0 Å². The molecule has 2 heterocycles. The van der Waals surface area contributed by atoms with Crippen LogP contribution in [-0.4, -0.2) is 43.7 Å². The maximum Gasteiger partial charge on any atom is 0.247 e. The summed E-state index contributed by atoms with van der Waals surface area (Å²) in [6.07, 6.45) is 2.29. The van der Waals surface area contributed by atoms with Crippen LogP contribution < -0.4 is 16.4 Å². The van der Waals surface area contributed by atoms with Crippen LogP contribution in [0.2, 0.25) is 0 Å². The Morgan fingerprint density at radius 1 is 0.775 bits per heavy atom. The van der Waals surface area contributed by atoms with E-state index in [2.05, 4.69) is 50.1 Å². The Hall–Kier alpha value is -3.19. The molecule has 0 saturated carbocycles. The maximum absolute atomic E-state index is 12.7. The molecule has 40 heavy (non-hydrogen) atoms. The summed E-state index contributed by atoms with van der Waals surface area (Å²) in [5.74, 6) is 1.56. The number of nitrogens with zero attached hydrogens (tertiary/aromatic N) is 4. The van der Waals surface area contributed by atoms with E-state index in [9.17, 15) is 9.59 Å². The maximum atomic E-state index is 12.7. The lowest BCUT2D eigenvalue weighted by molar-refractivity contribution is -0.119. The smallest absolute Gasteiger partial charge is 0.247 e.